The average Bonchev–Trinajstić information content (AvgIpc) is 2.46. The van der Waals surface area contributed by atoms with Crippen molar-refractivity contribution in [1.29, 1.82) is 0 Å². The van der Waals surface area contributed by atoms with Gasteiger partial charge < -0.3 is 24.8 Å². The van der Waals surface area contributed by atoms with Crippen LogP contribution in [0.4, 0.5) is 0 Å². The highest BCUT2D eigenvalue weighted by molar-refractivity contribution is 5.91. The standard InChI is InChI=1S/C12H20N2O4/c1-16-10-2-3-14(9(6-10)7-13)12(15)11-8-17-4-5-18-11/h8-10H,2-7,13H2,1H3. The van der Waals surface area contributed by atoms with Crippen LogP contribution < -0.4 is 5.73 Å². The number of amides is 1. The molecular weight excluding hydrogens is 236 g/mol. The molecule has 0 aromatic rings. The number of nitrogens with two attached hydrogens (primary N) is 1. The number of likely N-dealkylation sites (tertiary alicyclic amines) is 1. The second-order valence-electron chi connectivity index (χ2n) is 4.47. The van der Waals surface area contributed by atoms with Gasteiger partial charge in [0.15, 0.2) is 0 Å². The van der Waals surface area contributed by atoms with Crippen LogP contribution in [-0.2, 0) is 19.0 Å². The fraction of sp³-hybridized carbons (Fsp3) is 0.750. The molecule has 0 bridgehead atoms. The number of piperidine rings is 1. The lowest BCUT2D eigenvalue weighted by Gasteiger charge is -2.38. The zero-order chi connectivity index (χ0) is 13.0. The molecule has 102 valence electrons. The fourth-order valence-corrected chi connectivity index (χ4v) is 2.34. The van der Waals surface area contributed by atoms with Crippen LogP contribution in [0.3, 0.4) is 0 Å². The Balaban J connectivity index is 2.02. The first-order valence-electron chi connectivity index (χ1n) is 6.24. The number of carbonyl (C=O) groups is 1. The maximum absolute atomic E-state index is 12.3. The topological polar surface area (TPSA) is 74.0 Å². The van der Waals surface area contributed by atoms with E-state index in [9.17, 15) is 4.79 Å². The Morgan fingerprint density at radius 2 is 2.44 bits per heavy atom. The summed E-state index contributed by atoms with van der Waals surface area (Å²) in [7, 11) is 1.69. The molecule has 1 fully saturated rings. The van der Waals surface area contributed by atoms with Crippen molar-refractivity contribution in [3.63, 3.8) is 0 Å². The minimum atomic E-state index is -0.139. The highest BCUT2D eigenvalue weighted by Crippen LogP contribution is 2.21. The highest BCUT2D eigenvalue weighted by atomic mass is 16.6. The van der Waals surface area contributed by atoms with E-state index in [4.69, 9.17) is 19.9 Å². The Bertz CT molecular complexity index is 332. The fourth-order valence-electron chi connectivity index (χ4n) is 2.34. The van der Waals surface area contributed by atoms with Crippen molar-refractivity contribution in [2.75, 3.05) is 33.4 Å². The lowest BCUT2D eigenvalue weighted by Crippen LogP contribution is -2.52. The number of methoxy groups -OCH3 is 1. The molecule has 0 aromatic heterocycles. The quantitative estimate of drug-likeness (QED) is 0.759. The van der Waals surface area contributed by atoms with Gasteiger partial charge in [0.05, 0.1) is 6.10 Å². The molecule has 0 aromatic carbocycles. The summed E-state index contributed by atoms with van der Waals surface area (Å²) in [6, 6.07) is 0.00243. The van der Waals surface area contributed by atoms with E-state index in [0.717, 1.165) is 12.8 Å². The van der Waals surface area contributed by atoms with Gasteiger partial charge in [0, 0.05) is 26.2 Å². The Morgan fingerprint density at radius 1 is 1.61 bits per heavy atom. The van der Waals surface area contributed by atoms with Gasteiger partial charge >= 0.3 is 0 Å². The third-order valence-electron chi connectivity index (χ3n) is 3.39. The summed E-state index contributed by atoms with van der Waals surface area (Å²) in [5, 5.41) is 0. The molecule has 2 unspecified atom stereocenters. The zero-order valence-electron chi connectivity index (χ0n) is 10.6. The molecule has 0 aliphatic carbocycles. The van der Waals surface area contributed by atoms with Crippen molar-refractivity contribution in [2.24, 2.45) is 5.73 Å². The lowest BCUT2D eigenvalue weighted by atomic mass is 9.99. The van der Waals surface area contributed by atoms with Crippen LogP contribution in [0.1, 0.15) is 12.8 Å². The second-order valence-corrected chi connectivity index (χ2v) is 4.47. The van der Waals surface area contributed by atoms with Gasteiger partial charge in [-0.25, -0.2) is 0 Å². The Hall–Kier alpha value is -1.27. The van der Waals surface area contributed by atoms with E-state index in [1.807, 2.05) is 0 Å². The first-order valence-corrected chi connectivity index (χ1v) is 6.24. The van der Waals surface area contributed by atoms with Gasteiger partial charge in [0.2, 0.25) is 5.76 Å². The summed E-state index contributed by atoms with van der Waals surface area (Å²) >= 11 is 0. The number of hydrogen-bond acceptors (Lipinski definition) is 5. The number of carbonyl (C=O) groups excluding carboxylic acids is 1. The van der Waals surface area contributed by atoms with Crippen LogP contribution in [-0.4, -0.2) is 56.4 Å². The van der Waals surface area contributed by atoms with Crippen molar-refractivity contribution in [3.05, 3.63) is 12.0 Å². The molecule has 6 heteroatoms. The van der Waals surface area contributed by atoms with Crippen LogP contribution in [0.25, 0.3) is 0 Å². The molecule has 0 radical (unpaired) electrons. The monoisotopic (exact) mass is 256 g/mol. The highest BCUT2D eigenvalue weighted by Gasteiger charge is 2.33. The smallest absolute Gasteiger partial charge is 0.292 e. The van der Waals surface area contributed by atoms with Gasteiger partial charge in [0.25, 0.3) is 5.91 Å². The molecule has 2 N–H and O–H groups in total. The van der Waals surface area contributed by atoms with Crippen LogP contribution in [0.15, 0.2) is 12.0 Å². The maximum Gasteiger partial charge on any atom is 0.292 e. The van der Waals surface area contributed by atoms with E-state index in [2.05, 4.69) is 0 Å². The number of rotatable bonds is 3. The summed E-state index contributed by atoms with van der Waals surface area (Å²) in [5.74, 6) is 0.135. The Morgan fingerprint density at radius 3 is 3.06 bits per heavy atom. The van der Waals surface area contributed by atoms with Crippen molar-refractivity contribution in [2.45, 2.75) is 25.0 Å². The van der Waals surface area contributed by atoms with Gasteiger partial charge in [0.1, 0.15) is 19.5 Å². The van der Waals surface area contributed by atoms with Crippen molar-refractivity contribution < 1.29 is 19.0 Å². The Kier molecular flexibility index (Phi) is 4.43. The molecule has 2 atom stereocenters. The predicted octanol–water partition coefficient (Wildman–Crippen LogP) is -0.161. The summed E-state index contributed by atoms with van der Waals surface area (Å²) in [5.41, 5.74) is 5.74. The summed E-state index contributed by atoms with van der Waals surface area (Å²) in [6.07, 6.45) is 3.17. The van der Waals surface area contributed by atoms with Gasteiger partial charge in [-0.15, -0.1) is 0 Å². The predicted molar refractivity (Wildman–Crippen MR) is 64.6 cm³/mol. The SMILES string of the molecule is COC1CCN(C(=O)C2=COCCO2)C(CN)C1. The van der Waals surface area contributed by atoms with Gasteiger partial charge in [-0.2, -0.15) is 0 Å². The van der Waals surface area contributed by atoms with E-state index >= 15 is 0 Å². The molecule has 2 aliphatic heterocycles. The molecule has 0 spiro atoms. The lowest BCUT2D eigenvalue weighted by molar-refractivity contribution is -0.137. The molecule has 0 saturated carbocycles. The number of ether oxygens (including phenoxy) is 3. The van der Waals surface area contributed by atoms with Gasteiger partial charge in [-0.1, -0.05) is 0 Å². The second kappa shape index (κ2) is 6.06. The van der Waals surface area contributed by atoms with Crippen LogP contribution in [0, 0.1) is 0 Å². The summed E-state index contributed by atoms with van der Waals surface area (Å²) < 4.78 is 15.8. The summed E-state index contributed by atoms with van der Waals surface area (Å²) in [4.78, 5) is 14.0. The molecule has 2 heterocycles. The maximum atomic E-state index is 12.3. The molecule has 2 rings (SSSR count). The largest absolute Gasteiger partial charge is 0.494 e. The molecule has 18 heavy (non-hydrogen) atoms. The van der Waals surface area contributed by atoms with E-state index in [1.165, 1.54) is 6.26 Å². The molecule has 1 amide bonds. The Labute approximate surface area is 107 Å². The third-order valence-corrected chi connectivity index (χ3v) is 3.39. The third kappa shape index (κ3) is 2.76. The molecule has 6 nitrogen and oxygen atoms in total. The van der Waals surface area contributed by atoms with E-state index in [0.29, 0.717) is 26.3 Å². The van der Waals surface area contributed by atoms with Crippen molar-refractivity contribution >= 4 is 5.91 Å². The van der Waals surface area contributed by atoms with Gasteiger partial charge in [-0.3, -0.25) is 4.79 Å². The first kappa shape index (κ1) is 13.2. The van der Waals surface area contributed by atoms with E-state index < -0.39 is 0 Å². The van der Waals surface area contributed by atoms with Crippen LogP contribution in [0.5, 0.6) is 0 Å². The normalized spacial score (nSPS) is 28.1. The van der Waals surface area contributed by atoms with E-state index in [-0.39, 0.29) is 23.8 Å². The first-order chi connectivity index (χ1) is 8.76. The zero-order valence-corrected chi connectivity index (χ0v) is 10.6. The molecular formula is C12H20N2O4. The van der Waals surface area contributed by atoms with E-state index in [1.54, 1.807) is 12.0 Å². The summed E-state index contributed by atoms with van der Waals surface area (Å²) in [6.45, 7) is 1.97. The minimum absolute atomic E-state index is 0.00243. The van der Waals surface area contributed by atoms with Gasteiger partial charge in [-0.05, 0) is 12.8 Å². The van der Waals surface area contributed by atoms with Crippen LogP contribution >= 0.6 is 0 Å². The average molecular weight is 256 g/mol. The number of hydrogen-bond donors (Lipinski definition) is 1. The van der Waals surface area contributed by atoms with Crippen LogP contribution in [0.2, 0.25) is 0 Å². The van der Waals surface area contributed by atoms with Crippen molar-refractivity contribution in [3.8, 4) is 0 Å². The molecule has 2 aliphatic rings. The molecule has 1 saturated heterocycles. The van der Waals surface area contributed by atoms with Crippen molar-refractivity contribution in [1.82, 2.24) is 4.90 Å². The minimum Gasteiger partial charge on any atom is -0.494 e. The number of nitrogens with zero attached hydrogens (tertiary/aromatic N) is 1.